The summed E-state index contributed by atoms with van der Waals surface area (Å²) >= 11 is 2.13. The molecule has 2 heteroatoms. The largest absolute Gasteiger partial charge is 0.319 e. The molecule has 1 rings (SSSR count). The molecular weight excluding hydrogens is 130 g/mol. The number of thioether (sulfide) groups is 1. The van der Waals surface area contributed by atoms with Crippen LogP contribution in [0.25, 0.3) is 0 Å². The normalized spacial score (nSPS) is 28.3. The lowest BCUT2D eigenvalue weighted by atomic mass is 10.2. The highest BCUT2D eigenvalue weighted by atomic mass is 32.2. The molecule has 0 aromatic heterocycles. The molecule has 1 nitrogen and oxygen atoms in total. The third-order valence-electron chi connectivity index (χ3n) is 1.71. The molecular formula is C7H15NS. The Morgan fingerprint density at radius 3 is 3.00 bits per heavy atom. The fourth-order valence-electron chi connectivity index (χ4n) is 1.20. The molecule has 0 saturated carbocycles. The number of hydrogen-bond acceptors (Lipinski definition) is 2. The molecule has 0 radical (unpaired) electrons. The Kier molecular flexibility index (Phi) is 3.44. The molecule has 0 spiro atoms. The predicted octanol–water partition coefficient (Wildman–Crippen LogP) is 1.49. The smallest absolute Gasteiger partial charge is 0.0172 e. The number of rotatable bonds is 2. The van der Waals surface area contributed by atoms with Gasteiger partial charge >= 0.3 is 0 Å². The number of hydrogen-bond donors (Lipinski definition) is 1. The highest BCUT2D eigenvalue weighted by Gasteiger charge is 2.11. The van der Waals surface area contributed by atoms with Crippen LogP contribution in [0.2, 0.25) is 0 Å². The molecule has 1 atom stereocenters. The van der Waals surface area contributed by atoms with E-state index in [9.17, 15) is 0 Å². The zero-order valence-electron chi connectivity index (χ0n) is 6.02. The van der Waals surface area contributed by atoms with E-state index in [2.05, 4.69) is 17.1 Å². The summed E-state index contributed by atoms with van der Waals surface area (Å²) in [4.78, 5) is 0. The second-order valence-electron chi connectivity index (χ2n) is 2.55. The van der Waals surface area contributed by atoms with Gasteiger partial charge in [0.25, 0.3) is 0 Å². The Labute approximate surface area is 61.6 Å². The molecule has 1 fully saturated rings. The average molecular weight is 145 g/mol. The summed E-state index contributed by atoms with van der Waals surface area (Å²) in [5, 5.41) is 4.12. The van der Waals surface area contributed by atoms with Crippen molar-refractivity contribution < 1.29 is 0 Å². The maximum atomic E-state index is 3.22. The lowest BCUT2D eigenvalue weighted by Gasteiger charge is -2.20. The summed E-state index contributed by atoms with van der Waals surface area (Å²) in [6.45, 7) is 1.20. The molecule has 0 amide bonds. The van der Waals surface area contributed by atoms with Crippen molar-refractivity contribution in [3.63, 3.8) is 0 Å². The van der Waals surface area contributed by atoms with Crippen LogP contribution in [0.5, 0.6) is 0 Å². The van der Waals surface area contributed by atoms with Crippen LogP contribution in [0.4, 0.5) is 0 Å². The molecule has 9 heavy (non-hydrogen) atoms. The first kappa shape index (κ1) is 7.42. The number of nitrogens with one attached hydrogen (secondary N) is 1. The van der Waals surface area contributed by atoms with E-state index in [0.717, 1.165) is 5.25 Å². The van der Waals surface area contributed by atoms with Gasteiger partial charge in [0.2, 0.25) is 0 Å². The molecule has 0 aliphatic carbocycles. The molecule has 1 N–H and O–H groups in total. The first-order valence-electron chi connectivity index (χ1n) is 3.69. The van der Waals surface area contributed by atoms with Gasteiger partial charge in [0.1, 0.15) is 0 Å². The van der Waals surface area contributed by atoms with Crippen molar-refractivity contribution >= 4 is 11.8 Å². The van der Waals surface area contributed by atoms with Gasteiger partial charge in [-0.1, -0.05) is 6.42 Å². The van der Waals surface area contributed by atoms with Crippen LogP contribution in [-0.2, 0) is 0 Å². The lowest BCUT2D eigenvalue weighted by Crippen LogP contribution is -2.23. The van der Waals surface area contributed by atoms with Crippen LogP contribution in [0.1, 0.15) is 19.3 Å². The fourth-order valence-corrected chi connectivity index (χ4v) is 2.52. The van der Waals surface area contributed by atoms with Crippen LogP contribution < -0.4 is 5.32 Å². The Morgan fingerprint density at radius 1 is 1.56 bits per heavy atom. The van der Waals surface area contributed by atoms with Gasteiger partial charge < -0.3 is 5.32 Å². The molecule has 1 aliphatic heterocycles. The predicted molar refractivity (Wildman–Crippen MR) is 44.0 cm³/mol. The van der Waals surface area contributed by atoms with Gasteiger partial charge in [-0.15, -0.1) is 0 Å². The van der Waals surface area contributed by atoms with E-state index in [-0.39, 0.29) is 0 Å². The van der Waals surface area contributed by atoms with E-state index < -0.39 is 0 Å². The fraction of sp³-hybridized carbons (Fsp3) is 1.00. The maximum Gasteiger partial charge on any atom is 0.0172 e. The molecule has 1 heterocycles. The molecule has 54 valence electrons. The Hall–Kier alpha value is 0.310. The summed E-state index contributed by atoms with van der Waals surface area (Å²) in [6.07, 6.45) is 4.30. The molecule has 0 aromatic rings. The highest BCUT2D eigenvalue weighted by molar-refractivity contribution is 7.99. The first-order chi connectivity index (χ1) is 4.43. The van der Waals surface area contributed by atoms with Crippen LogP contribution in [0.15, 0.2) is 0 Å². The van der Waals surface area contributed by atoms with Gasteiger partial charge in [0, 0.05) is 11.8 Å². The first-order valence-corrected chi connectivity index (χ1v) is 4.74. The van der Waals surface area contributed by atoms with Gasteiger partial charge in [-0.05, 0) is 25.6 Å². The minimum Gasteiger partial charge on any atom is -0.319 e. The van der Waals surface area contributed by atoms with E-state index in [0.29, 0.717) is 0 Å². The van der Waals surface area contributed by atoms with Gasteiger partial charge in [-0.2, -0.15) is 11.8 Å². The van der Waals surface area contributed by atoms with Gasteiger partial charge in [-0.25, -0.2) is 0 Å². The highest BCUT2D eigenvalue weighted by Crippen LogP contribution is 2.23. The van der Waals surface area contributed by atoms with Crippen molar-refractivity contribution in [2.24, 2.45) is 0 Å². The maximum absolute atomic E-state index is 3.22. The van der Waals surface area contributed by atoms with Crippen LogP contribution >= 0.6 is 11.8 Å². The third kappa shape index (κ3) is 2.59. The summed E-state index contributed by atoms with van der Waals surface area (Å²) in [5.41, 5.74) is 0. The van der Waals surface area contributed by atoms with Gasteiger partial charge in [-0.3, -0.25) is 0 Å². The molecule has 1 unspecified atom stereocenters. The Morgan fingerprint density at radius 2 is 2.44 bits per heavy atom. The van der Waals surface area contributed by atoms with Gasteiger partial charge in [0.15, 0.2) is 0 Å². The Balaban J connectivity index is 2.08. The standard InChI is InChI=1S/C7H15NS/c1-8-6-7-4-2-3-5-9-7/h7-8H,2-6H2,1H3. The minimum absolute atomic E-state index is 0.906. The van der Waals surface area contributed by atoms with Crippen molar-refractivity contribution in [1.29, 1.82) is 0 Å². The summed E-state index contributed by atoms with van der Waals surface area (Å²) in [5.74, 6) is 1.38. The molecule has 0 aromatic carbocycles. The van der Waals surface area contributed by atoms with Crippen molar-refractivity contribution in [3.05, 3.63) is 0 Å². The topological polar surface area (TPSA) is 12.0 Å². The van der Waals surface area contributed by atoms with Crippen molar-refractivity contribution in [1.82, 2.24) is 5.32 Å². The quantitative estimate of drug-likeness (QED) is 0.632. The van der Waals surface area contributed by atoms with E-state index in [1.54, 1.807) is 0 Å². The van der Waals surface area contributed by atoms with E-state index in [1.807, 2.05) is 7.05 Å². The van der Waals surface area contributed by atoms with E-state index >= 15 is 0 Å². The SMILES string of the molecule is CNCC1CCCCS1. The molecule has 1 aliphatic rings. The average Bonchev–Trinajstić information content (AvgIpc) is 1.91. The summed E-state index contributed by atoms with van der Waals surface area (Å²) in [6, 6.07) is 0. The van der Waals surface area contributed by atoms with Crippen molar-refractivity contribution in [2.45, 2.75) is 24.5 Å². The van der Waals surface area contributed by atoms with E-state index in [1.165, 1.54) is 31.6 Å². The minimum atomic E-state index is 0.906. The monoisotopic (exact) mass is 145 g/mol. The zero-order chi connectivity index (χ0) is 6.53. The molecule has 0 bridgehead atoms. The summed E-state index contributed by atoms with van der Waals surface area (Å²) < 4.78 is 0. The van der Waals surface area contributed by atoms with Crippen LogP contribution in [0.3, 0.4) is 0 Å². The zero-order valence-corrected chi connectivity index (χ0v) is 6.84. The second-order valence-corrected chi connectivity index (χ2v) is 3.95. The Bertz CT molecular complexity index is 66.6. The van der Waals surface area contributed by atoms with Crippen LogP contribution in [0, 0.1) is 0 Å². The second kappa shape index (κ2) is 4.18. The van der Waals surface area contributed by atoms with Gasteiger partial charge in [0.05, 0.1) is 0 Å². The third-order valence-corrected chi connectivity index (χ3v) is 3.10. The van der Waals surface area contributed by atoms with Crippen molar-refractivity contribution in [2.75, 3.05) is 19.3 Å². The lowest BCUT2D eigenvalue weighted by molar-refractivity contribution is 0.631. The molecule has 1 saturated heterocycles. The summed E-state index contributed by atoms with van der Waals surface area (Å²) in [7, 11) is 2.04. The van der Waals surface area contributed by atoms with Crippen molar-refractivity contribution in [3.8, 4) is 0 Å². The van der Waals surface area contributed by atoms with E-state index in [4.69, 9.17) is 0 Å². The van der Waals surface area contributed by atoms with Crippen LogP contribution in [-0.4, -0.2) is 24.6 Å².